The molecule has 20 heavy (non-hydrogen) atoms. The zero-order valence-electron chi connectivity index (χ0n) is 10.7. The van der Waals surface area contributed by atoms with Gasteiger partial charge in [0.05, 0.1) is 5.38 Å². The smallest absolute Gasteiger partial charge is 0.303 e. The molecule has 0 fully saturated rings. The molecule has 1 unspecified atom stereocenters. The van der Waals surface area contributed by atoms with Gasteiger partial charge in [-0.05, 0) is 35.2 Å². The topological polar surface area (TPSA) is 37.3 Å². The normalized spacial score (nSPS) is 12.1. The van der Waals surface area contributed by atoms with Crippen molar-refractivity contribution in [2.24, 2.45) is 0 Å². The van der Waals surface area contributed by atoms with Gasteiger partial charge in [0.2, 0.25) is 0 Å². The van der Waals surface area contributed by atoms with E-state index in [9.17, 15) is 4.79 Å². The molecule has 0 amide bonds. The average molecular weight is 309 g/mol. The van der Waals surface area contributed by atoms with Gasteiger partial charge in [-0.2, -0.15) is 0 Å². The van der Waals surface area contributed by atoms with Crippen LogP contribution in [0, 0.1) is 0 Å². The van der Waals surface area contributed by atoms with E-state index in [2.05, 4.69) is 0 Å². The number of carboxylic acid groups (broad SMARTS) is 1. The van der Waals surface area contributed by atoms with Crippen LogP contribution in [0.3, 0.4) is 0 Å². The molecule has 1 atom stereocenters. The largest absolute Gasteiger partial charge is 0.481 e. The first-order chi connectivity index (χ1) is 9.58. The Morgan fingerprint density at radius 3 is 2.60 bits per heavy atom. The number of alkyl halides is 1. The molecule has 2 aromatic carbocycles. The van der Waals surface area contributed by atoms with Crippen molar-refractivity contribution in [2.45, 2.75) is 18.2 Å². The van der Waals surface area contributed by atoms with E-state index in [4.69, 9.17) is 28.3 Å². The lowest BCUT2D eigenvalue weighted by atomic mass is 9.96. The number of aliphatic carboxylic acids is 1. The summed E-state index contributed by atoms with van der Waals surface area (Å²) < 4.78 is 0. The predicted octanol–water partition coefficient (Wildman–Crippen LogP) is 5.15. The highest BCUT2D eigenvalue weighted by Gasteiger charge is 2.14. The second-order valence-electron chi connectivity index (χ2n) is 4.50. The summed E-state index contributed by atoms with van der Waals surface area (Å²) >= 11 is 12.4. The van der Waals surface area contributed by atoms with Gasteiger partial charge in [0, 0.05) is 11.4 Å². The highest BCUT2D eigenvalue weighted by atomic mass is 35.5. The molecule has 0 aliphatic carbocycles. The first-order valence-electron chi connectivity index (χ1n) is 6.28. The Morgan fingerprint density at radius 2 is 1.90 bits per heavy atom. The van der Waals surface area contributed by atoms with Crippen LogP contribution >= 0.6 is 23.2 Å². The molecule has 104 valence electrons. The van der Waals surface area contributed by atoms with E-state index in [-0.39, 0.29) is 11.8 Å². The molecule has 0 aromatic heterocycles. The second-order valence-corrected chi connectivity index (χ2v) is 5.46. The Labute approximate surface area is 128 Å². The van der Waals surface area contributed by atoms with E-state index in [0.29, 0.717) is 11.4 Å². The van der Waals surface area contributed by atoms with Crippen LogP contribution in [0.15, 0.2) is 48.5 Å². The van der Waals surface area contributed by atoms with Crippen molar-refractivity contribution in [3.63, 3.8) is 0 Å². The molecule has 0 heterocycles. The minimum Gasteiger partial charge on any atom is -0.481 e. The number of rotatable bonds is 5. The van der Waals surface area contributed by atoms with Crippen LogP contribution in [0.2, 0.25) is 5.02 Å². The number of carbonyl (C=O) groups is 1. The predicted molar refractivity (Wildman–Crippen MR) is 82.4 cm³/mol. The quantitative estimate of drug-likeness (QED) is 0.775. The molecule has 4 heteroatoms. The number of halogens is 2. The van der Waals surface area contributed by atoms with Gasteiger partial charge in [0.25, 0.3) is 0 Å². The van der Waals surface area contributed by atoms with E-state index in [0.717, 1.165) is 16.7 Å². The molecule has 0 bridgehead atoms. The monoisotopic (exact) mass is 308 g/mol. The van der Waals surface area contributed by atoms with E-state index in [1.807, 2.05) is 48.5 Å². The highest BCUT2D eigenvalue weighted by molar-refractivity contribution is 6.30. The lowest BCUT2D eigenvalue weighted by molar-refractivity contribution is -0.137. The summed E-state index contributed by atoms with van der Waals surface area (Å²) in [6.45, 7) is 0. The van der Waals surface area contributed by atoms with Crippen LogP contribution in [0.25, 0.3) is 11.1 Å². The summed E-state index contributed by atoms with van der Waals surface area (Å²) in [5.41, 5.74) is 2.90. The molecule has 0 aliphatic heterocycles. The van der Waals surface area contributed by atoms with Crippen molar-refractivity contribution in [3.05, 3.63) is 59.1 Å². The Bertz CT molecular complexity index is 611. The number of hydrogen-bond donors (Lipinski definition) is 1. The second kappa shape index (κ2) is 6.78. The molecule has 0 aliphatic rings. The Hall–Kier alpha value is -1.51. The van der Waals surface area contributed by atoms with Crippen LogP contribution in [-0.4, -0.2) is 11.1 Å². The molecule has 0 spiro atoms. The highest BCUT2D eigenvalue weighted by Crippen LogP contribution is 2.35. The third kappa shape index (κ3) is 3.75. The van der Waals surface area contributed by atoms with Crippen LogP contribution in [0.5, 0.6) is 0 Å². The Balaban J connectivity index is 2.33. The van der Waals surface area contributed by atoms with Crippen LogP contribution in [0.4, 0.5) is 0 Å². The molecule has 1 N–H and O–H groups in total. The molecule has 2 aromatic rings. The van der Waals surface area contributed by atoms with E-state index in [1.165, 1.54) is 0 Å². The van der Waals surface area contributed by atoms with Crippen LogP contribution in [-0.2, 0) is 4.79 Å². The average Bonchev–Trinajstić information content (AvgIpc) is 2.44. The zero-order valence-corrected chi connectivity index (χ0v) is 12.2. The van der Waals surface area contributed by atoms with Gasteiger partial charge in [-0.25, -0.2) is 0 Å². The van der Waals surface area contributed by atoms with Crippen molar-refractivity contribution in [1.29, 1.82) is 0 Å². The third-order valence-electron chi connectivity index (χ3n) is 3.05. The summed E-state index contributed by atoms with van der Waals surface area (Å²) in [7, 11) is 0. The molecule has 2 rings (SSSR count). The molecule has 2 nitrogen and oxygen atoms in total. The SMILES string of the molecule is O=C(O)CCC(Cl)c1ccccc1-c1cccc(Cl)c1. The Kier molecular flexibility index (Phi) is 5.05. The van der Waals surface area contributed by atoms with Gasteiger partial charge in [-0.3, -0.25) is 4.79 Å². The van der Waals surface area contributed by atoms with Crippen molar-refractivity contribution < 1.29 is 9.90 Å². The number of benzene rings is 2. The van der Waals surface area contributed by atoms with Gasteiger partial charge in [-0.15, -0.1) is 11.6 Å². The molecule has 0 saturated carbocycles. The number of hydrogen-bond acceptors (Lipinski definition) is 1. The van der Waals surface area contributed by atoms with Crippen molar-refractivity contribution in [1.82, 2.24) is 0 Å². The number of carboxylic acids is 1. The summed E-state index contributed by atoms with van der Waals surface area (Å²) in [5.74, 6) is -0.837. The van der Waals surface area contributed by atoms with Gasteiger partial charge in [0.1, 0.15) is 0 Å². The van der Waals surface area contributed by atoms with E-state index < -0.39 is 5.97 Å². The lowest BCUT2D eigenvalue weighted by Gasteiger charge is -2.14. The molecular formula is C16H14Cl2O2. The standard InChI is InChI=1S/C16H14Cl2O2/c17-12-5-3-4-11(10-12)13-6-1-2-7-14(13)15(18)8-9-16(19)20/h1-7,10,15H,8-9H2,(H,19,20). The summed E-state index contributed by atoms with van der Waals surface area (Å²) in [5, 5.41) is 9.08. The van der Waals surface area contributed by atoms with Crippen LogP contribution in [0.1, 0.15) is 23.8 Å². The summed E-state index contributed by atoms with van der Waals surface area (Å²) in [4.78, 5) is 10.7. The molecule has 0 saturated heterocycles. The minimum absolute atomic E-state index is 0.0536. The van der Waals surface area contributed by atoms with Gasteiger partial charge in [0.15, 0.2) is 0 Å². The first kappa shape index (κ1) is 14.9. The molecule has 0 radical (unpaired) electrons. The summed E-state index contributed by atoms with van der Waals surface area (Å²) in [6, 6.07) is 15.3. The van der Waals surface area contributed by atoms with Crippen molar-refractivity contribution in [3.8, 4) is 11.1 Å². The van der Waals surface area contributed by atoms with Crippen molar-refractivity contribution >= 4 is 29.2 Å². The Morgan fingerprint density at radius 1 is 1.15 bits per heavy atom. The van der Waals surface area contributed by atoms with Gasteiger partial charge < -0.3 is 5.11 Å². The van der Waals surface area contributed by atoms with Crippen LogP contribution < -0.4 is 0 Å². The maximum absolute atomic E-state index is 10.7. The summed E-state index contributed by atoms with van der Waals surface area (Å²) in [6.07, 6.45) is 0.451. The fourth-order valence-electron chi connectivity index (χ4n) is 2.09. The first-order valence-corrected chi connectivity index (χ1v) is 7.10. The maximum atomic E-state index is 10.7. The molecular weight excluding hydrogens is 295 g/mol. The third-order valence-corrected chi connectivity index (χ3v) is 3.73. The van der Waals surface area contributed by atoms with E-state index >= 15 is 0 Å². The maximum Gasteiger partial charge on any atom is 0.303 e. The van der Waals surface area contributed by atoms with Gasteiger partial charge in [-0.1, -0.05) is 48.0 Å². The minimum atomic E-state index is -0.837. The lowest BCUT2D eigenvalue weighted by Crippen LogP contribution is -2.00. The zero-order chi connectivity index (χ0) is 14.5. The fraction of sp³-hybridized carbons (Fsp3) is 0.188. The van der Waals surface area contributed by atoms with Crippen molar-refractivity contribution in [2.75, 3.05) is 0 Å². The fourth-order valence-corrected chi connectivity index (χ4v) is 2.58. The van der Waals surface area contributed by atoms with E-state index in [1.54, 1.807) is 0 Å². The van der Waals surface area contributed by atoms with Gasteiger partial charge >= 0.3 is 5.97 Å².